The third kappa shape index (κ3) is 3.19. The van der Waals surface area contributed by atoms with Crippen LogP contribution in [0.25, 0.3) is 0 Å². The summed E-state index contributed by atoms with van der Waals surface area (Å²) < 4.78 is 11.2. The van der Waals surface area contributed by atoms with Gasteiger partial charge in [0.2, 0.25) is 0 Å². The van der Waals surface area contributed by atoms with Crippen LogP contribution in [0.3, 0.4) is 0 Å². The number of esters is 2. The minimum absolute atomic E-state index is 0.00414. The molecule has 4 saturated carbocycles. The molecule has 5 aliphatic carbocycles. The molecule has 10 atom stereocenters. The van der Waals surface area contributed by atoms with Crippen molar-refractivity contribution in [3.63, 3.8) is 0 Å². The van der Waals surface area contributed by atoms with E-state index in [9.17, 15) is 14.7 Å². The van der Waals surface area contributed by atoms with E-state index in [1.54, 1.807) is 7.11 Å². The lowest BCUT2D eigenvalue weighted by atomic mass is 9.33. The van der Waals surface area contributed by atoms with Crippen molar-refractivity contribution in [1.29, 1.82) is 0 Å². The molecule has 0 aromatic carbocycles. The number of hydrogen-bond acceptors (Lipinski definition) is 5. The monoisotopic (exact) mass is 514 g/mol. The number of fused-ring (bicyclic) bond motifs is 7. The Hall–Kier alpha value is -1.36. The Labute approximate surface area is 224 Å². The second kappa shape index (κ2) is 8.57. The summed E-state index contributed by atoms with van der Waals surface area (Å²) in [4.78, 5) is 27.7. The van der Waals surface area contributed by atoms with Crippen LogP contribution in [0.5, 0.6) is 0 Å². The van der Waals surface area contributed by atoms with E-state index >= 15 is 0 Å². The minimum atomic E-state index is -0.716. The molecule has 0 spiro atoms. The first kappa shape index (κ1) is 27.2. The third-order valence-corrected chi connectivity index (χ3v) is 13.5. The number of hydrogen-bond donors (Lipinski definition) is 1. The first-order valence-corrected chi connectivity index (χ1v) is 14.8. The zero-order valence-electron chi connectivity index (χ0n) is 24.5. The van der Waals surface area contributed by atoms with Crippen molar-refractivity contribution in [2.24, 2.45) is 56.7 Å². The Bertz CT molecular complexity index is 999. The maximum absolute atomic E-state index is 14.2. The Morgan fingerprint density at radius 2 is 1.54 bits per heavy atom. The lowest BCUT2D eigenvalue weighted by Crippen LogP contribution is -2.68. The van der Waals surface area contributed by atoms with Crippen molar-refractivity contribution in [3.8, 4) is 0 Å². The quantitative estimate of drug-likeness (QED) is 0.344. The van der Waals surface area contributed by atoms with Gasteiger partial charge in [0.25, 0.3) is 0 Å². The van der Waals surface area contributed by atoms with Crippen LogP contribution in [-0.4, -0.2) is 37.4 Å². The number of aliphatic hydroxyl groups excluding tert-OH is 1. The maximum Gasteiger partial charge on any atom is 0.316 e. The summed E-state index contributed by atoms with van der Waals surface area (Å²) in [6, 6.07) is 0. The van der Waals surface area contributed by atoms with Gasteiger partial charge in [0, 0.05) is 0 Å². The summed E-state index contributed by atoms with van der Waals surface area (Å²) in [7, 11) is 3.07. The van der Waals surface area contributed by atoms with E-state index in [-0.39, 0.29) is 40.2 Å². The van der Waals surface area contributed by atoms with Crippen LogP contribution in [0.1, 0.15) is 99.3 Å². The van der Waals surface area contributed by atoms with Gasteiger partial charge < -0.3 is 14.6 Å². The highest BCUT2D eigenvalue weighted by Gasteiger charge is 2.73. The first-order chi connectivity index (χ1) is 17.3. The molecule has 5 aliphatic rings. The van der Waals surface area contributed by atoms with Crippen LogP contribution in [0.4, 0.5) is 0 Å². The average Bonchev–Trinajstić information content (AvgIpc) is 2.87. The zero-order valence-corrected chi connectivity index (χ0v) is 24.5. The summed E-state index contributed by atoms with van der Waals surface area (Å²) in [5.74, 6) is 1.32. The number of methoxy groups -OCH3 is 2. The van der Waals surface area contributed by atoms with E-state index in [0.29, 0.717) is 36.5 Å². The van der Waals surface area contributed by atoms with Gasteiger partial charge >= 0.3 is 11.9 Å². The molecule has 5 nitrogen and oxygen atoms in total. The van der Waals surface area contributed by atoms with Crippen molar-refractivity contribution in [2.75, 3.05) is 14.2 Å². The van der Waals surface area contributed by atoms with Gasteiger partial charge in [-0.05, 0) is 104 Å². The van der Waals surface area contributed by atoms with Gasteiger partial charge in [-0.2, -0.15) is 0 Å². The van der Waals surface area contributed by atoms with Gasteiger partial charge in [-0.25, -0.2) is 0 Å². The van der Waals surface area contributed by atoms with Crippen molar-refractivity contribution >= 4 is 11.9 Å². The van der Waals surface area contributed by atoms with Crippen molar-refractivity contribution < 1.29 is 24.2 Å². The summed E-state index contributed by atoms with van der Waals surface area (Å²) in [5.41, 5.74) is -0.433. The van der Waals surface area contributed by atoms with Gasteiger partial charge in [0.15, 0.2) is 0 Å². The van der Waals surface area contributed by atoms with Crippen LogP contribution in [0.15, 0.2) is 11.6 Å². The number of aliphatic hydroxyl groups is 1. The third-order valence-electron chi connectivity index (χ3n) is 13.5. The Balaban J connectivity index is 1.70. The summed E-state index contributed by atoms with van der Waals surface area (Å²) in [5, 5.41) is 11.0. The summed E-state index contributed by atoms with van der Waals surface area (Å²) in [6.07, 6.45) is 9.99. The van der Waals surface area contributed by atoms with E-state index in [2.05, 4.69) is 47.6 Å². The second-order valence-electron chi connectivity index (χ2n) is 14.7. The molecule has 0 bridgehead atoms. The molecule has 208 valence electrons. The molecular weight excluding hydrogens is 464 g/mol. The van der Waals surface area contributed by atoms with Crippen LogP contribution >= 0.6 is 0 Å². The predicted molar refractivity (Wildman–Crippen MR) is 143 cm³/mol. The highest BCUT2D eigenvalue weighted by Crippen LogP contribution is 2.76. The number of carbonyl (C=O) groups excluding carboxylic acids is 2. The molecule has 0 saturated heterocycles. The lowest BCUT2D eigenvalue weighted by molar-refractivity contribution is -0.218. The van der Waals surface area contributed by atoms with Crippen LogP contribution in [0, 0.1) is 56.7 Å². The van der Waals surface area contributed by atoms with E-state index in [1.165, 1.54) is 12.7 Å². The normalized spacial score (nSPS) is 50.4. The highest BCUT2D eigenvalue weighted by atomic mass is 16.5. The Morgan fingerprint density at radius 3 is 2.19 bits per heavy atom. The van der Waals surface area contributed by atoms with Crippen LogP contribution in [-0.2, 0) is 19.1 Å². The molecule has 4 fully saturated rings. The molecule has 5 rings (SSSR count). The van der Waals surface area contributed by atoms with Gasteiger partial charge in [0.05, 0.1) is 31.2 Å². The van der Waals surface area contributed by atoms with Gasteiger partial charge in [-0.1, -0.05) is 53.2 Å². The molecule has 1 N–H and O–H groups in total. The second-order valence-corrected chi connectivity index (χ2v) is 14.7. The van der Waals surface area contributed by atoms with E-state index in [4.69, 9.17) is 9.47 Å². The highest BCUT2D eigenvalue weighted by molar-refractivity contribution is 5.86. The molecule has 0 aliphatic heterocycles. The largest absolute Gasteiger partial charge is 0.469 e. The smallest absolute Gasteiger partial charge is 0.316 e. The molecule has 0 unspecified atom stereocenters. The summed E-state index contributed by atoms with van der Waals surface area (Å²) >= 11 is 0. The Kier molecular flexibility index (Phi) is 6.30. The standard InChI is InChI=1S/C32H50O5/c1-19-11-16-31(26(34)36-7)17-18-32(27(35)37-8)21(25(31)20(19)2)9-10-23-29(5)14-13-24(33)28(3,4)22(29)12-15-30(23,32)6/h9,19-20,22-25,33H,10-18H2,1-8H3/t19-,20+,22+,23-,24+,25+,29+,30-,31+,32-/m1/s1. The van der Waals surface area contributed by atoms with E-state index in [1.807, 2.05) is 0 Å². The van der Waals surface area contributed by atoms with Crippen LogP contribution in [0.2, 0.25) is 0 Å². The molecule has 0 aromatic rings. The first-order valence-electron chi connectivity index (χ1n) is 14.8. The van der Waals surface area contributed by atoms with Gasteiger partial charge in [-0.15, -0.1) is 0 Å². The molecule has 0 aromatic heterocycles. The molecule has 37 heavy (non-hydrogen) atoms. The molecular formula is C32H50O5. The minimum Gasteiger partial charge on any atom is -0.469 e. The number of carbonyl (C=O) groups is 2. The molecule has 5 heteroatoms. The van der Waals surface area contributed by atoms with E-state index in [0.717, 1.165) is 44.9 Å². The Morgan fingerprint density at radius 1 is 0.865 bits per heavy atom. The van der Waals surface area contributed by atoms with Crippen LogP contribution < -0.4 is 0 Å². The summed E-state index contributed by atoms with van der Waals surface area (Å²) in [6.45, 7) is 13.9. The topological polar surface area (TPSA) is 72.8 Å². The predicted octanol–water partition coefficient (Wildman–Crippen LogP) is 6.33. The average molecular weight is 515 g/mol. The fourth-order valence-electron chi connectivity index (χ4n) is 11.3. The molecule has 0 heterocycles. The zero-order chi connectivity index (χ0) is 27.2. The van der Waals surface area contributed by atoms with E-state index < -0.39 is 10.8 Å². The van der Waals surface area contributed by atoms with Crippen molar-refractivity contribution in [3.05, 3.63) is 11.6 Å². The molecule has 0 amide bonds. The fourth-order valence-corrected chi connectivity index (χ4v) is 11.3. The maximum atomic E-state index is 14.2. The number of ether oxygens (including phenoxy) is 2. The number of rotatable bonds is 2. The number of allylic oxidation sites excluding steroid dienone is 1. The van der Waals surface area contributed by atoms with Crippen molar-refractivity contribution in [1.82, 2.24) is 0 Å². The van der Waals surface area contributed by atoms with Gasteiger partial charge in [0.1, 0.15) is 0 Å². The van der Waals surface area contributed by atoms with Crippen molar-refractivity contribution in [2.45, 2.75) is 105 Å². The lowest BCUT2D eigenvalue weighted by Gasteiger charge is -2.70. The molecule has 0 radical (unpaired) electrons. The SMILES string of the molecule is COC(=O)[C@]12CC[C@@H](C)[C@H](C)[C@H]1C1=CC[C@@H]3[C@@]4(C)CC[C@H](O)C(C)(C)[C@@H]4CC[C@@]3(C)[C@]1(C(=O)OC)CC2. The van der Waals surface area contributed by atoms with Gasteiger partial charge in [-0.3, -0.25) is 9.59 Å². The fraction of sp³-hybridized carbons (Fsp3) is 0.875.